The smallest absolute Gasteiger partial charge is 0.125 e. The van der Waals surface area contributed by atoms with Crippen LogP contribution < -0.4 is 10.9 Å². The van der Waals surface area contributed by atoms with Gasteiger partial charge in [-0.15, -0.1) is 0 Å². The molecule has 0 amide bonds. The quantitative estimate of drug-likeness (QED) is 0.624. The summed E-state index contributed by atoms with van der Waals surface area (Å²) in [5.41, 5.74) is 6.68. The highest BCUT2D eigenvalue weighted by atomic mass is 79.9. The minimum absolute atomic E-state index is 0.0839. The maximum absolute atomic E-state index is 9.50. The third-order valence-electron chi connectivity index (χ3n) is 2.13. The largest absolute Gasteiger partial charge is 0.377 e. The Morgan fingerprint density at radius 2 is 2.38 bits per heavy atom. The molecule has 3 N–H and O–H groups in total. The molecular formula is C8H10BrN3O. The predicted molar refractivity (Wildman–Crippen MR) is 51.8 cm³/mol. The summed E-state index contributed by atoms with van der Waals surface area (Å²) in [4.78, 5) is 4.11. The Morgan fingerprint density at radius 3 is 2.92 bits per heavy atom. The Kier molecular flexibility index (Phi) is 2.59. The zero-order valence-corrected chi connectivity index (χ0v) is 8.45. The molecule has 2 unspecified atom stereocenters. The van der Waals surface area contributed by atoms with Crippen LogP contribution in [0.1, 0.15) is 11.5 Å². The summed E-state index contributed by atoms with van der Waals surface area (Å²) < 4.78 is 0.810. The van der Waals surface area contributed by atoms with Gasteiger partial charge in [0, 0.05) is 18.7 Å². The van der Waals surface area contributed by atoms with E-state index < -0.39 is 6.23 Å². The molecule has 1 aromatic heterocycles. The molecule has 0 saturated carbocycles. The number of aliphatic hydroxyl groups excluding tert-OH is 1. The second-order valence-corrected chi connectivity index (χ2v) is 3.80. The number of rotatable bonds is 1. The van der Waals surface area contributed by atoms with Gasteiger partial charge in [-0.05, 0) is 27.6 Å². The van der Waals surface area contributed by atoms with Crippen LogP contribution in [0.2, 0.25) is 0 Å². The van der Waals surface area contributed by atoms with Crippen molar-refractivity contribution in [3.05, 3.63) is 28.5 Å². The lowest BCUT2D eigenvalue weighted by atomic mass is 10.0. The molecule has 0 spiro atoms. The van der Waals surface area contributed by atoms with E-state index in [9.17, 15) is 5.11 Å². The highest BCUT2D eigenvalue weighted by Gasteiger charge is 2.25. The fraction of sp³-hybridized carbons (Fsp3) is 0.375. The van der Waals surface area contributed by atoms with Crippen molar-refractivity contribution in [3.63, 3.8) is 0 Å². The average molecular weight is 244 g/mol. The number of aromatic nitrogens is 1. The molecule has 0 bridgehead atoms. The monoisotopic (exact) mass is 243 g/mol. The Bertz CT molecular complexity index is 290. The Hall–Kier alpha value is -0.490. The van der Waals surface area contributed by atoms with Gasteiger partial charge < -0.3 is 5.11 Å². The maximum Gasteiger partial charge on any atom is 0.125 e. The molecule has 5 heteroatoms. The number of nitrogens with zero attached hydrogens (tertiary/aromatic N) is 1. The highest BCUT2D eigenvalue weighted by Crippen LogP contribution is 2.20. The molecule has 1 aromatic rings. The summed E-state index contributed by atoms with van der Waals surface area (Å²) in [5.74, 6) is 0.0839. The van der Waals surface area contributed by atoms with Crippen molar-refractivity contribution in [2.75, 3.05) is 6.54 Å². The molecule has 4 nitrogen and oxygen atoms in total. The summed E-state index contributed by atoms with van der Waals surface area (Å²) in [7, 11) is 0. The van der Waals surface area contributed by atoms with E-state index in [1.54, 1.807) is 6.20 Å². The molecule has 0 aromatic carbocycles. The van der Waals surface area contributed by atoms with E-state index in [1.807, 2.05) is 12.1 Å². The number of aliphatic hydroxyl groups is 1. The number of hydrogen-bond acceptors (Lipinski definition) is 4. The molecule has 70 valence electrons. The standard InChI is InChI=1S/C8H10BrN3O/c9-7-2-1-5(3-10-7)6-4-11-12-8(6)13/h1-3,6,8,11-13H,4H2. The van der Waals surface area contributed by atoms with Crippen molar-refractivity contribution in [1.82, 2.24) is 15.8 Å². The SMILES string of the molecule is OC1NNCC1c1ccc(Br)nc1. The van der Waals surface area contributed by atoms with Crippen LogP contribution in [-0.4, -0.2) is 22.9 Å². The Morgan fingerprint density at radius 1 is 1.54 bits per heavy atom. The normalized spacial score (nSPS) is 27.8. The van der Waals surface area contributed by atoms with Crippen LogP contribution >= 0.6 is 15.9 Å². The third kappa shape index (κ3) is 1.88. The van der Waals surface area contributed by atoms with Gasteiger partial charge in [-0.25, -0.2) is 10.4 Å². The van der Waals surface area contributed by atoms with E-state index in [0.717, 1.165) is 16.7 Å². The van der Waals surface area contributed by atoms with Crippen molar-refractivity contribution in [1.29, 1.82) is 0 Å². The fourth-order valence-corrected chi connectivity index (χ4v) is 1.63. The zero-order chi connectivity index (χ0) is 9.26. The molecule has 2 heterocycles. The summed E-state index contributed by atoms with van der Waals surface area (Å²) in [6.45, 7) is 0.727. The third-order valence-corrected chi connectivity index (χ3v) is 2.60. The molecule has 1 saturated heterocycles. The molecule has 0 radical (unpaired) electrons. The van der Waals surface area contributed by atoms with Crippen LogP contribution in [0.15, 0.2) is 22.9 Å². The second-order valence-electron chi connectivity index (χ2n) is 2.99. The topological polar surface area (TPSA) is 57.2 Å². The average Bonchev–Trinajstić information content (AvgIpc) is 2.53. The number of hydrogen-bond donors (Lipinski definition) is 3. The molecule has 1 fully saturated rings. The minimum atomic E-state index is -0.525. The van der Waals surface area contributed by atoms with Crippen LogP contribution in [0.4, 0.5) is 0 Å². The summed E-state index contributed by atoms with van der Waals surface area (Å²) >= 11 is 3.26. The Balaban J connectivity index is 2.20. The molecule has 2 atom stereocenters. The summed E-state index contributed by atoms with van der Waals surface area (Å²) in [5, 5.41) is 9.50. The van der Waals surface area contributed by atoms with E-state index >= 15 is 0 Å². The summed E-state index contributed by atoms with van der Waals surface area (Å²) in [6.07, 6.45) is 1.25. The van der Waals surface area contributed by atoms with Gasteiger partial charge in [0.15, 0.2) is 0 Å². The zero-order valence-electron chi connectivity index (χ0n) is 6.87. The van der Waals surface area contributed by atoms with Gasteiger partial charge in [0.2, 0.25) is 0 Å². The highest BCUT2D eigenvalue weighted by molar-refractivity contribution is 9.10. The van der Waals surface area contributed by atoms with Gasteiger partial charge in [-0.2, -0.15) is 0 Å². The van der Waals surface area contributed by atoms with Crippen molar-refractivity contribution < 1.29 is 5.11 Å². The molecule has 0 aliphatic carbocycles. The minimum Gasteiger partial charge on any atom is -0.377 e. The molecule has 1 aliphatic rings. The maximum atomic E-state index is 9.50. The van der Waals surface area contributed by atoms with Crippen molar-refractivity contribution in [3.8, 4) is 0 Å². The first-order valence-corrected chi connectivity index (χ1v) is 4.84. The fourth-order valence-electron chi connectivity index (χ4n) is 1.39. The first-order valence-electron chi connectivity index (χ1n) is 4.05. The molecule has 2 rings (SSSR count). The van der Waals surface area contributed by atoms with E-state index in [4.69, 9.17) is 0 Å². The van der Waals surface area contributed by atoms with Gasteiger partial charge >= 0.3 is 0 Å². The summed E-state index contributed by atoms with van der Waals surface area (Å²) in [6, 6.07) is 3.83. The van der Waals surface area contributed by atoms with Gasteiger partial charge in [-0.1, -0.05) is 6.07 Å². The van der Waals surface area contributed by atoms with E-state index in [0.29, 0.717) is 0 Å². The Labute approximate surface area is 84.5 Å². The lowest BCUT2D eigenvalue weighted by Crippen LogP contribution is -2.30. The van der Waals surface area contributed by atoms with E-state index in [1.165, 1.54) is 0 Å². The number of nitrogens with one attached hydrogen (secondary N) is 2. The van der Waals surface area contributed by atoms with Crippen molar-refractivity contribution in [2.45, 2.75) is 12.1 Å². The van der Waals surface area contributed by atoms with Crippen LogP contribution in [0.25, 0.3) is 0 Å². The van der Waals surface area contributed by atoms with Crippen LogP contribution in [-0.2, 0) is 0 Å². The molecule has 13 heavy (non-hydrogen) atoms. The number of halogens is 1. The van der Waals surface area contributed by atoms with Crippen LogP contribution in [0, 0.1) is 0 Å². The van der Waals surface area contributed by atoms with Gasteiger partial charge in [0.05, 0.1) is 0 Å². The molecule has 1 aliphatic heterocycles. The first-order chi connectivity index (χ1) is 6.27. The second kappa shape index (κ2) is 3.71. The van der Waals surface area contributed by atoms with Crippen LogP contribution in [0.3, 0.4) is 0 Å². The van der Waals surface area contributed by atoms with Gasteiger partial charge in [0.1, 0.15) is 10.8 Å². The first kappa shape index (κ1) is 9.08. The molecular weight excluding hydrogens is 234 g/mol. The van der Waals surface area contributed by atoms with E-state index in [2.05, 4.69) is 31.8 Å². The van der Waals surface area contributed by atoms with Gasteiger partial charge in [-0.3, -0.25) is 5.43 Å². The van der Waals surface area contributed by atoms with Crippen LogP contribution in [0.5, 0.6) is 0 Å². The van der Waals surface area contributed by atoms with Crippen molar-refractivity contribution >= 4 is 15.9 Å². The number of pyridine rings is 1. The van der Waals surface area contributed by atoms with Crippen molar-refractivity contribution in [2.24, 2.45) is 0 Å². The number of hydrazine groups is 1. The predicted octanol–water partition coefficient (Wildman–Crippen LogP) is 0.354. The lowest BCUT2D eigenvalue weighted by Gasteiger charge is -2.12. The van der Waals surface area contributed by atoms with Gasteiger partial charge in [0.25, 0.3) is 0 Å². The lowest BCUT2D eigenvalue weighted by molar-refractivity contribution is 0.137. The van der Waals surface area contributed by atoms with E-state index in [-0.39, 0.29) is 5.92 Å².